The molecule has 3 aromatic rings. The van der Waals surface area contributed by atoms with Crippen LogP contribution in [0, 0.1) is 0 Å². The van der Waals surface area contributed by atoms with Crippen LogP contribution in [0.15, 0.2) is 122 Å². The lowest BCUT2D eigenvalue weighted by Gasteiger charge is -2.15. The van der Waals surface area contributed by atoms with E-state index in [4.69, 9.17) is 33.2 Å². The highest BCUT2D eigenvalue weighted by Gasteiger charge is 2.18. The molecule has 0 saturated heterocycles. The summed E-state index contributed by atoms with van der Waals surface area (Å²) in [5.41, 5.74) is 0.906. The van der Waals surface area contributed by atoms with E-state index >= 15 is 0 Å². The van der Waals surface area contributed by atoms with Crippen molar-refractivity contribution in [2.24, 2.45) is 0 Å². The first kappa shape index (κ1) is 38.4. The normalized spacial score (nSPS) is 11.8. The molecule has 0 aromatic heterocycles. The van der Waals surface area contributed by atoms with Crippen LogP contribution >= 0.6 is 0 Å². The maximum Gasteiger partial charge on any atom is 0.343 e. The van der Waals surface area contributed by atoms with E-state index < -0.39 is 29.8 Å². The summed E-state index contributed by atoms with van der Waals surface area (Å²) in [6, 6.07) is 18.9. The number of unbranched alkanes of at least 4 members (excludes halogenated alkanes) is 1. The summed E-state index contributed by atoms with van der Waals surface area (Å²) in [5.74, 6) is -0.445. The molecule has 0 atom stereocenters. The summed E-state index contributed by atoms with van der Waals surface area (Å²) in [4.78, 5) is 60.0. The zero-order chi connectivity index (χ0) is 37.1. The number of carbonyl (C=O) groups excluding carboxylic acids is 5. The predicted molar refractivity (Wildman–Crippen MR) is 188 cm³/mol. The van der Waals surface area contributed by atoms with Gasteiger partial charge in [-0.2, -0.15) is 0 Å². The molecular formula is C40H38O12. The maximum absolute atomic E-state index is 12.7. The lowest BCUT2D eigenvalue weighted by molar-refractivity contribution is -0.138. The molecule has 52 heavy (non-hydrogen) atoms. The standard InChI is InChI=1S/C40H38O12/c1-3-36(41)48-25-6-5-24-46-31-14-8-28(9-15-31)38(43)50-33-18-12-30(13-19-33)40(45)52-35-22-20-34(21-23-35)51-39(44)29-10-16-32(17-11-29)47-26-7-27-49-37(42)4-2/h3-4,8-20,22H,1-2,5-7,21,23-27H2. The summed E-state index contributed by atoms with van der Waals surface area (Å²) in [7, 11) is 0. The molecule has 12 heteroatoms. The summed E-state index contributed by atoms with van der Waals surface area (Å²) >= 11 is 0. The monoisotopic (exact) mass is 710 g/mol. The molecule has 270 valence electrons. The minimum absolute atomic E-state index is 0.212. The third kappa shape index (κ3) is 12.8. The van der Waals surface area contributed by atoms with E-state index in [9.17, 15) is 24.0 Å². The van der Waals surface area contributed by atoms with Gasteiger partial charge in [-0.15, -0.1) is 0 Å². The van der Waals surface area contributed by atoms with E-state index in [2.05, 4.69) is 13.2 Å². The third-order valence-electron chi connectivity index (χ3n) is 7.19. The molecule has 3 aromatic carbocycles. The zero-order valence-electron chi connectivity index (χ0n) is 28.4. The highest BCUT2D eigenvalue weighted by atomic mass is 16.6. The molecule has 0 spiro atoms. The molecule has 0 amide bonds. The van der Waals surface area contributed by atoms with Crippen molar-refractivity contribution in [2.45, 2.75) is 32.1 Å². The minimum Gasteiger partial charge on any atom is -0.494 e. The van der Waals surface area contributed by atoms with Crippen LogP contribution < -0.4 is 14.2 Å². The van der Waals surface area contributed by atoms with Gasteiger partial charge >= 0.3 is 29.8 Å². The number of benzene rings is 3. The fourth-order valence-electron chi connectivity index (χ4n) is 4.43. The molecule has 0 saturated carbocycles. The van der Waals surface area contributed by atoms with Gasteiger partial charge in [-0.05, 0) is 97.8 Å². The van der Waals surface area contributed by atoms with Crippen molar-refractivity contribution in [3.63, 3.8) is 0 Å². The second-order valence-corrected chi connectivity index (χ2v) is 11.0. The van der Waals surface area contributed by atoms with Crippen molar-refractivity contribution in [1.29, 1.82) is 0 Å². The molecule has 0 unspecified atom stereocenters. The number of ether oxygens (including phenoxy) is 7. The summed E-state index contributed by atoms with van der Waals surface area (Å²) in [5, 5.41) is 0. The SMILES string of the molecule is C=CC(=O)OCCCCOc1ccc(C(=O)Oc2ccc(C(=O)OC3=CC=C(OC(=O)c4ccc(OCCCOC(=O)C=C)cc4)CC3)cc2)cc1. The van der Waals surface area contributed by atoms with Gasteiger partial charge in [0.25, 0.3) is 0 Å². The number of esters is 5. The fraction of sp³-hybridized carbons (Fsp3) is 0.225. The lowest BCUT2D eigenvalue weighted by Crippen LogP contribution is -2.11. The van der Waals surface area contributed by atoms with Crippen LogP contribution in [0.1, 0.15) is 63.2 Å². The van der Waals surface area contributed by atoms with Crippen molar-refractivity contribution in [3.05, 3.63) is 138 Å². The predicted octanol–water partition coefficient (Wildman–Crippen LogP) is 6.87. The average Bonchev–Trinajstić information content (AvgIpc) is 3.17. The number of allylic oxidation sites excluding steroid dienone is 4. The Morgan fingerprint density at radius 1 is 0.481 bits per heavy atom. The van der Waals surface area contributed by atoms with Gasteiger partial charge in [-0.25, -0.2) is 24.0 Å². The Balaban J connectivity index is 1.17. The smallest absolute Gasteiger partial charge is 0.343 e. The van der Waals surface area contributed by atoms with Gasteiger partial charge in [0, 0.05) is 31.4 Å². The molecule has 4 rings (SSSR count). The Kier molecular flexibility index (Phi) is 15.0. The van der Waals surface area contributed by atoms with Crippen LogP contribution in [0.25, 0.3) is 0 Å². The van der Waals surface area contributed by atoms with E-state index in [1.807, 2.05) is 0 Å². The van der Waals surface area contributed by atoms with Gasteiger partial charge in [-0.3, -0.25) is 0 Å². The van der Waals surface area contributed by atoms with Crippen molar-refractivity contribution < 1.29 is 57.1 Å². The highest BCUT2D eigenvalue weighted by molar-refractivity contribution is 5.92. The van der Waals surface area contributed by atoms with Gasteiger partial charge in [0.15, 0.2) is 0 Å². The Hall–Kier alpha value is -6.43. The zero-order valence-corrected chi connectivity index (χ0v) is 28.4. The molecule has 0 radical (unpaired) electrons. The maximum atomic E-state index is 12.7. The van der Waals surface area contributed by atoms with Gasteiger partial charge in [0.05, 0.1) is 43.1 Å². The van der Waals surface area contributed by atoms with Crippen LogP contribution in [-0.4, -0.2) is 56.3 Å². The second kappa shape index (κ2) is 20.3. The Morgan fingerprint density at radius 2 is 0.846 bits per heavy atom. The molecule has 1 aliphatic rings. The first-order chi connectivity index (χ1) is 25.2. The summed E-state index contributed by atoms with van der Waals surface area (Å²) in [6.45, 7) is 7.92. The van der Waals surface area contributed by atoms with E-state index in [1.165, 1.54) is 24.3 Å². The quantitative estimate of drug-likeness (QED) is 0.0420. The first-order valence-electron chi connectivity index (χ1n) is 16.4. The van der Waals surface area contributed by atoms with Crippen LogP contribution in [-0.2, 0) is 28.5 Å². The van der Waals surface area contributed by atoms with Gasteiger partial charge in [0.1, 0.15) is 28.8 Å². The van der Waals surface area contributed by atoms with Crippen LogP contribution in [0.5, 0.6) is 17.2 Å². The molecule has 1 aliphatic carbocycles. The Bertz CT molecular complexity index is 1790. The molecular weight excluding hydrogens is 672 g/mol. The number of hydrogen-bond donors (Lipinski definition) is 0. The van der Waals surface area contributed by atoms with Crippen molar-refractivity contribution in [2.75, 3.05) is 26.4 Å². The van der Waals surface area contributed by atoms with Crippen molar-refractivity contribution in [3.8, 4) is 17.2 Å². The highest BCUT2D eigenvalue weighted by Crippen LogP contribution is 2.24. The van der Waals surface area contributed by atoms with Crippen molar-refractivity contribution >= 4 is 29.8 Å². The van der Waals surface area contributed by atoms with Gasteiger partial charge in [0.2, 0.25) is 0 Å². The van der Waals surface area contributed by atoms with E-state index in [0.717, 1.165) is 12.2 Å². The largest absolute Gasteiger partial charge is 0.494 e. The molecule has 0 N–H and O–H groups in total. The van der Waals surface area contributed by atoms with E-state index in [0.29, 0.717) is 79.5 Å². The number of hydrogen-bond acceptors (Lipinski definition) is 12. The number of carbonyl (C=O) groups is 5. The average molecular weight is 711 g/mol. The molecule has 0 aliphatic heterocycles. The third-order valence-corrected chi connectivity index (χ3v) is 7.19. The van der Waals surface area contributed by atoms with E-state index in [1.54, 1.807) is 60.7 Å². The summed E-state index contributed by atoms with van der Waals surface area (Å²) < 4.78 is 37.5. The summed E-state index contributed by atoms with van der Waals surface area (Å²) in [6.07, 6.45) is 7.88. The topological polar surface area (TPSA) is 150 Å². The Morgan fingerprint density at radius 3 is 1.27 bits per heavy atom. The molecule has 0 heterocycles. The van der Waals surface area contributed by atoms with Gasteiger partial charge < -0.3 is 33.2 Å². The van der Waals surface area contributed by atoms with Crippen molar-refractivity contribution in [1.82, 2.24) is 0 Å². The van der Waals surface area contributed by atoms with Crippen LogP contribution in [0.3, 0.4) is 0 Å². The number of rotatable bonds is 19. The van der Waals surface area contributed by atoms with E-state index in [-0.39, 0.29) is 24.5 Å². The lowest BCUT2D eigenvalue weighted by atomic mass is 10.1. The molecule has 12 nitrogen and oxygen atoms in total. The minimum atomic E-state index is -0.591. The fourth-order valence-corrected chi connectivity index (χ4v) is 4.43. The van der Waals surface area contributed by atoms with Crippen LogP contribution in [0.2, 0.25) is 0 Å². The Labute approximate surface area is 300 Å². The second-order valence-electron chi connectivity index (χ2n) is 11.0. The van der Waals surface area contributed by atoms with Gasteiger partial charge in [-0.1, -0.05) is 13.2 Å². The molecule has 0 fully saturated rings. The molecule has 0 bridgehead atoms. The van der Waals surface area contributed by atoms with Crippen LogP contribution in [0.4, 0.5) is 0 Å². The first-order valence-corrected chi connectivity index (χ1v) is 16.4.